The molecule has 0 fully saturated rings. The molecule has 0 aliphatic heterocycles. The van der Waals surface area contributed by atoms with Crippen molar-refractivity contribution >= 4 is 63.6 Å². The van der Waals surface area contributed by atoms with E-state index in [9.17, 15) is 67.5 Å². The van der Waals surface area contributed by atoms with Gasteiger partial charge in [0.15, 0.2) is 0 Å². The Hall–Kier alpha value is -6.35. The number of hydrogen-bond donors (Lipinski definition) is 7. The van der Waals surface area contributed by atoms with Crippen molar-refractivity contribution in [3.8, 4) is 23.6 Å². The van der Waals surface area contributed by atoms with Crippen LogP contribution in [0, 0.1) is 34.3 Å². The molecule has 368 valence electrons. The number of urea groups is 1. The minimum Gasteiger partial charge on any atom is -0.506 e. The zero-order valence-electron chi connectivity index (χ0n) is 38.2. The third kappa shape index (κ3) is 13.9. The average Bonchev–Trinajstić information content (AvgIpc) is 3.23. The Kier molecular flexibility index (Phi) is 19.6. The zero-order valence-corrected chi connectivity index (χ0v) is 41.5. The number of amides is 2. The van der Waals surface area contributed by atoms with E-state index in [1.165, 1.54) is 25.3 Å². The number of carbonyl (C=O) groups is 1. The van der Waals surface area contributed by atoms with E-state index in [0.717, 1.165) is 43.4 Å². The molecule has 4 aromatic carbocycles. The lowest BCUT2D eigenvalue weighted by Crippen LogP contribution is -2.35. The van der Waals surface area contributed by atoms with Gasteiger partial charge in [-0.15, -0.1) is 0 Å². The molecule has 26 heteroatoms. The van der Waals surface area contributed by atoms with Gasteiger partial charge in [-0.05, 0) is 85.3 Å². The van der Waals surface area contributed by atoms with E-state index in [4.69, 9.17) is 10.4 Å². The lowest BCUT2D eigenvalue weighted by molar-refractivity contribution is 0.256. The first-order valence-corrected chi connectivity index (χ1v) is 25.8. The molecule has 0 saturated carbocycles. The molecule has 8 N–H and O–H groups in total. The Morgan fingerprint density at radius 3 is 1.41 bits per heavy atom. The maximum atomic E-state index is 14.9. The smallest absolute Gasteiger partial charge is 0.333 e. The van der Waals surface area contributed by atoms with Crippen LogP contribution in [0.25, 0.3) is 0 Å². The van der Waals surface area contributed by atoms with E-state index in [-0.39, 0.29) is 49.9 Å². The van der Waals surface area contributed by atoms with Crippen LogP contribution in [0.1, 0.15) is 112 Å². The van der Waals surface area contributed by atoms with Crippen LogP contribution >= 0.6 is 0 Å². The zero-order chi connectivity index (χ0) is 52.4. The largest absolute Gasteiger partial charge is 0.506 e. The SMILES string of the molecule is CC(C)c1cc(C#N)c(F)c(C(C)C)c1N=C=O.CNS(=O)(=O)c1ccc(S(=O)(=O)NC(=O)Nc2c(C(C)C)cc(C#N)c(F)c2C(C)C)c(O)c1.CNS(=O)(=O)c1ccc(S(N)(=O)=O)c(O)c1. The highest BCUT2D eigenvalue weighted by atomic mass is 32.2. The van der Waals surface area contributed by atoms with Crippen molar-refractivity contribution in [1.29, 1.82) is 10.5 Å². The molecule has 0 aliphatic carbocycles. The summed E-state index contributed by atoms with van der Waals surface area (Å²) in [4.78, 5) is 24.9. The molecule has 0 radical (unpaired) electrons. The quantitative estimate of drug-likeness (QED) is 0.0603. The topological polar surface area (TPSA) is 345 Å². The van der Waals surface area contributed by atoms with Crippen molar-refractivity contribution in [3.05, 3.63) is 93.5 Å². The Bertz CT molecular complexity index is 3180. The highest BCUT2D eigenvalue weighted by molar-refractivity contribution is 7.90. The van der Waals surface area contributed by atoms with Gasteiger partial charge in [-0.3, -0.25) is 0 Å². The third-order valence-electron chi connectivity index (χ3n) is 9.51. The number of halogens is 2. The summed E-state index contributed by atoms with van der Waals surface area (Å²) in [6.07, 6.45) is 1.46. The number of aliphatic imine (C=N–C) groups is 1. The third-order valence-corrected chi connectivity index (χ3v) is 14.7. The van der Waals surface area contributed by atoms with Gasteiger partial charge in [-0.25, -0.2) is 71.3 Å². The fourth-order valence-corrected chi connectivity index (χ4v) is 9.27. The Labute approximate surface area is 394 Å². The normalized spacial score (nSPS) is 11.7. The molecule has 4 rings (SSSR count). The summed E-state index contributed by atoms with van der Waals surface area (Å²) in [5.41, 5.74) is 1.61. The Morgan fingerprint density at radius 1 is 0.647 bits per heavy atom. The molecule has 4 aromatic rings. The molecule has 20 nitrogen and oxygen atoms in total. The van der Waals surface area contributed by atoms with Crippen molar-refractivity contribution in [1.82, 2.24) is 14.2 Å². The number of aromatic hydroxyl groups is 2. The van der Waals surface area contributed by atoms with Crippen LogP contribution in [0.15, 0.2) is 73.1 Å². The molecule has 2 amide bonds. The van der Waals surface area contributed by atoms with Crippen LogP contribution in [0.2, 0.25) is 0 Å². The summed E-state index contributed by atoms with van der Waals surface area (Å²) in [7, 11) is -14.0. The van der Waals surface area contributed by atoms with Gasteiger partial charge in [-0.1, -0.05) is 55.4 Å². The van der Waals surface area contributed by atoms with Crippen molar-refractivity contribution in [2.45, 2.75) is 98.6 Å². The number of nitrogens with one attached hydrogen (secondary N) is 4. The Balaban J connectivity index is 0.000000390. The number of carbonyl (C=O) groups excluding carboxylic acids is 2. The molecule has 0 bridgehead atoms. The minimum atomic E-state index is -4.64. The first-order valence-electron chi connectivity index (χ1n) is 19.8. The van der Waals surface area contributed by atoms with Gasteiger partial charge in [0.2, 0.25) is 36.1 Å². The first kappa shape index (κ1) is 57.8. The molecule has 68 heavy (non-hydrogen) atoms. The van der Waals surface area contributed by atoms with Crippen LogP contribution in [-0.4, -0.2) is 70.1 Å². The van der Waals surface area contributed by atoms with Crippen molar-refractivity contribution in [2.24, 2.45) is 10.1 Å². The number of nitriles is 2. The lowest BCUT2D eigenvalue weighted by Gasteiger charge is -2.22. The summed E-state index contributed by atoms with van der Waals surface area (Å²) in [6, 6.07) is 10.4. The maximum Gasteiger partial charge on any atom is 0.333 e. The number of benzene rings is 4. The van der Waals surface area contributed by atoms with Crippen LogP contribution in [0.5, 0.6) is 11.5 Å². The monoisotopic (exact) mass is 1020 g/mol. The van der Waals surface area contributed by atoms with E-state index >= 15 is 0 Å². The number of anilines is 1. The molecule has 0 heterocycles. The van der Waals surface area contributed by atoms with Crippen LogP contribution in [-0.2, 0) is 44.9 Å². The van der Waals surface area contributed by atoms with Crippen molar-refractivity contribution in [3.63, 3.8) is 0 Å². The van der Waals surface area contributed by atoms with Gasteiger partial charge in [0.25, 0.3) is 10.0 Å². The van der Waals surface area contributed by atoms with E-state index in [1.807, 2.05) is 29.4 Å². The van der Waals surface area contributed by atoms with Gasteiger partial charge in [-0.2, -0.15) is 15.5 Å². The molecule has 0 unspecified atom stereocenters. The first-order chi connectivity index (χ1) is 31.3. The van der Waals surface area contributed by atoms with Crippen LogP contribution < -0.4 is 24.6 Å². The summed E-state index contributed by atoms with van der Waals surface area (Å²) in [6.45, 7) is 14.2. The van der Waals surface area contributed by atoms with Crippen LogP contribution in [0.4, 0.5) is 25.0 Å². The summed E-state index contributed by atoms with van der Waals surface area (Å²) in [5, 5.41) is 44.8. The highest BCUT2D eigenvalue weighted by Crippen LogP contribution is 2.39. The molecule has 0 aliphatic rings. The number of hydrogen-bond acceptors (Lipinski definition) is 15. The lowest BCUT2D eigenvalue weighted by atomic mass is 9.90. The Morgan fingerprint density at radius 2 is 1.06 bits per heavy atom. The van der Waals surface area contributed by atoms with Gasteiger partial charge in [0.1, 0.15) is 45.1 Å². The number of primary sulfonamides is 1. The molecule has 0 atom stereocenters. The van der Waals surface area contributed by atoms with Gasteiger partial charge >= 0.3 is 6.03 Å². The summed E-state index contributed by atoms with van der Waals surface area (Å²) in [5.74, 6) is -3.84. The van der Waals surface area contributed by atoms with E-state index < -0.39 is 85.0 Å². The fourth-order valence-electron chi connectivity index (χ4n) is 6.18. The molecular formula is C42H50F2N8O12S4. The number of rotatable bonds is 13. The van der Waals surface area contributed by atoms with Gasteiger partial charge in [0.05, 0.1) is 32.3 Å². The number of phenolic OH excluding ortho intramolecular Hbond substituents is 2. The fraction of sp³-hybridized carbons (Fsp3) is 0.333. The average molecular weight is 1030 g/mol. The minimum absolute atomic E-state index is 0.00718. The second kappa shape index (κ2) is 23.1. The number of isocyanates is 1. The maximum absolute atomic E-state index is 14.9. The second-order valence-electron chi connectivity index (χ2n) is 15.5. The summed E-state index contributed by atoms with van der Waals surface area (Å²) >= 11 is 0. The predicted molar refractivity (Wildman–Crippen MR) is 246 cm³/mol. The van der Waals surface area contributed by atoms with Gasteiger partial charge < -0.3 is 15.5 Å². The molecular weight excluding hydrogens is 975 g/mol. The molecule has 0 saturated heterocycles. The van der Waals surface area contributed by atoms with Crippen LogP contribution in [0.3, 0.4) is 0 Å². The van der Waals surface area contributed by atoms with Crippen molar-refractivity contribution < 1.29 is 62.3 Å². The van der Waals surface area contributed by atoms with E-state index in [1.54, 1.807) is 52.3 Å². The second-order valence-corrected chi connectivity index (χ2v) is 22.5. The van der Waals surface area contributed by atoms with Crippen molar-refractivity contribution in [2.75, 3.05) is 19.4 Å². The van der Waals surface area contributed by atoms with E-state index in [2.05, 4.69) is 10.3 Å². The number of phenols is 2. The standard InChI is InChI=1S/C21H25FN4O6S2.C14H15FN2O.C7H10N2O5S2/c1-11(2)15-8-13(10-23)19(22)18(12(3)4)20(15)25-21(28)26-34(31,32)17-7-6-14(9-16(17)27)33(29,30)24-5;1-8(2)11-5-10(6-16)13(15)12(9(3)4)14(11)17-7-18;1-9-16(13,14)5-2-3-7(6(10)4-5)15(8,11)12/h6-9,11-12,24,27H,1-5H3,(H2,25,26,28);5,8-9H,1-4H3;2-4,9-10H,1H3,(H2,8,11,12). The summed E-state index contributed by atoms with van der Waals surface area (Å²) < 4.78 is 128. The molecule has 0 aromatic heterocycles. The number of sulfonamides is 4. The molecule has 0 spiro atoms. The number of nitrogens with two attached hydrogens (primary N) is 1. The highest BCUT2D eigenvalue weighted by Gasteiger charge is 2.28. The predicted octanol–water partition coefficient (Wildman–Crippen LogP) is 5.93. The van der Waals surface area contributed by atoms with E-state index in [0.29, 0.717) is 22.4 Å². The van der Waals surface area contributed by atoms with Gasteiger partial charge in [0, 0.05) is 23.3 Å². The number of nitrogens with zero attached hydrogens (tertiary/aromatic N) is 3.